The Labute approximate surface area is 212 Å². The lowest BCUT2D eigenvalue weighted by molar-refractivity contribution is -0.919. The van der Waals surface area contributed by atoms with Crippen LogP contribution in [-0.4, -0.2) is 67.5 Å². The summed E-state index contributed by atoms with van der Waals surface area (Å²) in [5.41, 5.74) is 6.16. The zero-order valence-electron chi connectivity index (χ0n) is 22.8. The molecule has 192 valence electrons. The van der Waals surface area contributed by atoms with Crippen molar-refractivity contribution in [1.82, 2.24) is 4.90 Å². The summed E-state index contributed by atoms with van der Waals surface area (Å²) in [6.07, 6.45) is 1.95. The molecule has 0 aliphatic heterocycles. The van der Waals surface area contributed by atoms with E-state index in [9.17, 15) is 9.59 Å². The number of benzene rings is 2. The van der Waals surface area contributed by atoms with Crippen LogP contribution in [0.2, 0.25) is 0 Å². The minimum atomic E-state index is 0.00248. The van der Waals surface area contributed by atoms with Crippen LogP contribution in [0.3, 0.4) is 0 Å². The number of aryl methyl sites for hydroxylation is 4. The smallest absolute Gasteiger partial charge is 0.279 e. The lowest BCUT2D eigenvalue weighted by Crippen LogP contribution is -2.53. The van der Waals surface area contributed by atoms with Gasteiger partial charge in [-0.15, -0.1) is 0 Å². The van der Waals surface area contributed by atoms with E-state index in [1.54, 1.807) is 0 Å². The summed E-state index contributed by atoms with van der Waals surface area (Å²) in [7, 11) is 1.98. The first-order valence-corrected chi connectivity index (χ1v) is 12.9. The maximum Gasteiger partial charge on any atom is 0.279 e. The van der Waals surface area contributed by atoms with E-state index in [1.807, 2.05) is 71.1 Å². The van der Waals surface area contributed by atoms with Crippen molar-refractivity contribution in [1.29, 1.82) is 0 Å². The van der Waals surface area contributed by atoms with Crippen LogP contribution >= 0.6 is 0 Å². The summed E-state index contributed by atoms with van der Waals surface area (Å²) < 4.78 is 0.760. The lowest BCUT2D eigenvalue weighted by Gasteiger charge is -2.37. The maximum absolute atomic E-state index is 13.0. The lowest BCUT2D eigenvalue weighted by atomic mass is 10.1. The first-order chi connectivity index (χ1) is 16.6. The van der Waals surface area contributed by atoms with Crippen LogP contribution in [0, 0.1) is 27.7 Å². The van der Waals surface area contributed by atoms with Crippen molar-refractivity contribution in [3.05, 3.63) is 58.7 Å². The quantitative estimate of drug-likeness (QED) is 0.393. The first-order valence-electron chi connectivity index (χ1n) is 12.9. The molecule has 0 heterocycles. The van der Waals surface area contributed by atoms with Crippen molar-refractivity contribution in [2.75, 3.05) is 56.9 Å². The second kappa shape index (κ2) is 13.4. The van der Waals surface area contributed by atoms with Gasteiger partial charge in [0.2, 0.25) is 5.91 Å². The highest BCUT2D eigenvalue weighted by Crippen LogP contribution is 2.21. The van der Waals surface area contributed by atoms with Crippen molar-refractivity contribution in [2.24, 2.45) is 0 Å². The molecule has 35 heavy (non-hydrogen) atoms. The van der Waals surface area contributed by atoms with E-state index in [0.717, 1.165) is 77.1 Å². The highest BCUT2D eigenvalue weighted by Gasteiger charge is 2.28. The fourth-order valence-corrected chi connectivity index (χ4v) is 4.86. The summed E-state index contributed by atoms with van der Waals surface area (Å²) >= 11 is 0. The average molecular weight is 482 g/mol. The minimum Gasteiger partial charge on any atom is -0.324 e. The number of para-hydroxylation sites is 2. The van der Waals surface area contributed by atoms with Gasteiger partial charge in [-0.2, -0.15) is 0 Å². The van der Waals surface area contributed by atoms with E-state index in [4.69, 9.17) is 0 Å². The molecule has 0 radical (unpaired) electrons. The number of carbonyl (C=O) groups is 2. The zero-order chi connectivity index (χ0) is 26.0. The number of nitrogens with one attached hydrogen (secondary N) is 2. The number of rotatable bonds is 13. The average Bonchev–Trinajstić information content (AvgIpc) is 2.79. The molecule has 0 aromatic heterocycles. The van der Waals surface area contributed by atoms with Gasteiger partial charge in [0, 0.05) is 24.3 Å². The molecule has 1 unspecified atom stereocenters. The van der Waals surface area contributed by atoms with Crippen molar-refractivity contribution in [3.8, 4) is 0 Å². The topological polar surface area (TPSA) is 61.4 Å². The summed E-state index contributed by atoms with van der Waals surface area (Å²) in [4.78, 5) is 27.7. The molecule has 2 rings (SSSR count). The number of hydrogen-bond acceptors (Lipinski definition) is 3. The number of amides is 2. The van der Waals surface area contributed by atoms with E-state index < -0.39 is 0 Å². The van der Waals surface area contributed by atoms with E-state index >= 15 is 0 Å². The van der Waals surface area contributed by atoms with Crippen LogP contribution in [0.15, 0.2) is 36.4 Å². The van der Waals surface area contributed by atoms with Crippen molar-refractivity contribution in [3.63, 3.8) is 0 Å². The molecule has 0 saturated carbocycles. The van der Waals surface area contributed by atoms with Crippen LogP contribution in [0.5, 0.6) is 0 Å². The van der Waals surface area contributed by atoms with Gasteiger partial charge in [-0.1, -0.05) is 43.3 Å². The maximum atomic E-state index is 13.0. The fourth-order valence-electron chi connectivity index (χ4n) is 4.86. The van der Waals surface area contributed by atoms with E-state index in [0.29, 0.717) is 13.1 Å². The number of hydrogen-bond donors (Lipinski definition) is 2. The van der Waals surface area contributed by atoms with Gasteiger partial charge in [0.1, 0.15) is 0 Å². The van der Waals surface area contributed by atoms with Gasteiger partial charge in [0.25, 0.3) is 5.91 Å². The molecule has 2 aromatic carbocycles. The van der Waals surface area contributed by atoms with Gasteiger partial charge < -0.3 is 15.1 Å². The molecule has 0 aliphatic rings. The monoisotopic (exact) mass is 481 g/mol. The van der Waals surface area contributed by atoms with E-state index in [2.05, 4.69) is 29.4 Å². The number of carbonyl (C=O) groups excluding carboxylic acids is 2. The zero-order valence-corrected chi connectivity index (χ0v) is 22.8. The van der Waals surface area contributed by atoms with E-state index in [1.165, 1.54) is 0 Å². The summed E-state index contributed by atoms with van der Waals surface area (Å²) in [6, 6.07) is 12.1. The molecule has 2 amide bonds. The molecule has 1 atom stereocenters. The molecule has 0 aliphatic carbocycles. The summed E-state index contributed by atoms with van der Waals surface area (Å²) in [5, 5.41) is 6.23. The number of likely N-dealkylation sites (N-methyl/N-ethyl adjacent to an activating group) is 2. The Hall–Kier alpha value is -2.70. The largest absolute Gasteiger partial charge is 0.324 e. The normalized spacial score (nSPS) is 12.9. The summed E-state index contributed by atoms with van der Waals surface area (Å²) in [5.74, 6) is 0.0710. The molecule has 6 nitrogen and oxygen atoms in total. The van der Waals surface area contributed by atoms with Gasteiger partial charge in [-0.3, -0.25) is 14.5 Å². The highest BCUT2D eigenvalue weighted by atomic mass is 16.2. The Kier molecular flexibility index (Phi) is 10.9. The number of nitrogens with zero attached hydrogens (tertiary/aromatic N) is 2. The minimum absolute atomic E-state index is 0.00248. The molecule has 6 heteroatoms. The third-order valence-corrected chi connectivity index (χ3v) is 6.92. The standard InChI is InChI=1S/C29H44N4O2/c1-8-18-33(9-2,21-27(35)31-29-24(5)15-11-16-25(29)6)19-12-17-32(7)20-26(34)30-28-22(3)13-10-14-23(28)4/h10-11,13-16H,8-9,12,17-21H2,1-7H3,(H-,30,31,34,35)/p+1. The highest BCUT2D eigenvalue weighted by molar-refractivity contribution is 5.94. The molecule has 0 bridgehead atoms. The van der Waals surface area contributed by atoms with Gasteiger partial charge in [-0.25, -0.2) is 0 Å². The van der Waals surface area contributed by atoms with Gasteiger partial charge in [0.05, 0.1) is 26.2 Å². The third kappa shape index (κ3) is 8.48. The molecule has 0 fully saturated rings. The molecular formula is C29H45N4O2+. The molecule has 0 spiro atoms. The first kappa shape index (κ1) is 28.5. The Morgan fingerprint density at radius 3 is 1.74 bits per heavy atom. The van der Waals surface area contributed by atoms with Crippen LogP contribution in [-0.2, 0) is 9.59 Å². The van der Waals surface area contributed by atoms with Crippen LogP contribution in [0.4, 0.5) is 11.4 Å². The third-order valence-electron chi connectivity index (χ3n) is 6.92. The van der Waals surface area contributed by atoms with Crippen LogP contribution < -0.4 is 10.6 Å². The Morgan fingerprint density at radius 1 is 0.800 bits per heavy atom. The van der Waals surface area contributed by atoms with E-state index in [-0.39, 0.29) is 11.8 Å². The van der Waals surface area contributed by atoms with Crippen LogP contribution in [0.1, 0.15) is 48.9 Å². The Morgan fingerprint density at radius 2 is 1.29 bits per heavy atom. The van der Waals surface area contributed by atoms with Gasteiger partial charge in [-0.05, 0) is 70.3 Å². The van der Waals surface area contributed by atoms with Gasteiger partial charge >= 0.3 is 0 Å². The number of anilines is 2. The summed E-state index contributed by atoms with van der Waals surface area (Å²) in [6.45, 7) is 16.8. The van der Waals surface area contributed by atoms with Crippen molar-refractivity contribution >= 4 is 23.2 Å². The van der Waals surface area contributed by atoms with Crippen LogP contribution in [0.25, 0.3) is 0 Å². The SMILES string of the molecule is CCC[N+](CC)(CCCN(C)CC(=O)Nc1c(C)cccc1C)CC(=O)Nc1c(C)cccc1C. The van der Waals surface area contributed by atoms with Crippen molar-refractivity contribution < 1.29 is 14.1 Å². The predicted octanol–water partition coefficient (Wildman–Crippen LogP) is 5.07. The molecule has 0 saturated heterocycles. The Balaban J connectivity index is 1.92. The molecular weight excluding hydrogens is 436 g/mol. The molecule has 2 aromatic rings. The van der Waals surface area contributed by atoms with Gasteiger partial charge in [0.15, 0.2) is 6.54 Å². The fraction of sp³-hybridized carbons (Fsp3) is 0.517. The predicted molar refractivity (Wildman–Crippen MR) is 147 cm³/mol. The Bertz CT molecular complexity index is 964. The molecule has 2 N–H and O–H groups in total. The second-order valence-electron chi connectivity index (χ2n) is 9.98. The van der Waals surface area contributed by atoms with Crippen molar-refractivity contribution in [2.45, 2.75) is 54.4 Å². The second-order valence-corrected chi connectivity index (χ2v) is 9.98. The number of quaternary nitrogens is 1.